The topological polar surface area (TPSA) is 185 Å². The molecule has 0 bridgehead atoms. The Morgan fingerprint density at radius 1 is 0.919 bits per heavy atom. The van der Waals surface area contributed by atoms with Gasteiger partial charge in [-0.3, -0.25) is 25.0 Å². The second kappa shape index (κ2) is 9.62. The lowest BCUT2D eigenvalue weighted by Crippen LogP contribution is -2.14. The number of aromatic nitrogens is 4. The number of hydrogen-bond donors (Lipinski definition) is 1. The van der Waals surface area contributed by atoms with Gasteiger partial charge in [0.15, 0.2) is 5.82 Å². The van der Waals surface area contributed by atoms with E-state index >= 15 is 0 Å². The van der Waals surface area contributed by atoms with E-state index in [9.17, 15) is 28.6 Å². The predicted molar refractivity (Wildman–Crippen MR) is 130 cm³/mol. The summed E-state index contributed by atoms with van der Waals surface area (Å²) in [7, 11) is -4.38. The Morgan fingerprint density at radius 2 is 1.54 bits per heavy atom. The van der Waals surface area contributed by atoms with Gasteiger partial charge in [0.05, 0.1) is 15.5 Å². The van der Waals surface area contributed by atoms with Crippen LogP contribution >= 0.6 is 0 Å². The van der Waals surface area contributed by atoms with Gasteiger partial charge in [-0.2, -0.15) is 5.10 Å². The van der Waals surface area contributed by atoms with Crippen molar-refractivity contribution in [3.63, 3.8) is 0 Å². The van der Waals surface area contributed by atoms with Gasteiger partial charge in [0.25, 0.3) is 21.4 Å². The number of anilines is 1. The fraction of sp³-hybridized carbons (Fsp3) is 0.136. The molecule has 2 aromatic heterocycles. The first kappa shape index (κ1) is 25.2. The van der Waals surface area contributed by atoms with Gasteiger partial charge in [-0.05, 0) is 51.1 Å². The molecule has 0 aliphatic heterocycles. The lowest BCUT2D eigenvalue weighted by molar-refractivity contribution is -0.395. The van der Waals surface area contributed by atoms with Crippen LogP contribution in [0, 0.1) is 41.0 Å². The summed E-state index contributed by atoms with van der Waals surface area (Å²) in [5, 5.41) is 26.9. The Balaban J connectivity index is 1.54. The number of nitro benzene ring substituents is 2. The second-order valence-electron chi connectivity index (χ2n) is 7.89. The number of rotatable bonds is 8. The van der Waals surface area contributed by atoms with Crippen LogP contribution in [-0.2, 0) is 10.0 Å². The molecule has 14 nitrogen and oxygen atoms in total. The van der Waals surface area contributed by atoms with Crippen LogP contribution in [0.15, 0.2) is 59.8 Å². The Kier molecular flexibility index (Phi) is 6.54. The highest BCUT2D eigenvalue weighted by Gasteiger charge is 2.28. The first-order chi connectivity index (χ1) is 17.4. The van der Waals surface area contributed by atoms with E-state index in [0.29, 0.717) is 11.6 Å². The summed E-state index contributed by atoms with van der Waals surface area (Å²) in [4.78, 5) is 28.5. The van der Waals surface area contributed by atoms with Crippen LogP contribution in [0.1, 0.15) is 17.0 Å². The lowest BCUT2D eigenvalue weighted by Gasteiger charge is -2.10. The highest BCUT2D eigenvalue weighted by atomic mass is 32.2. The van der Waals surface area contributed by atoms with Crippen molar-refractivity contribution in [1.82, 2.24) is 19.7 Å². The second-order valence-corrected chi connectivity index (χ2v) is 9.57. The van der Waals surface area contributed by atoms with Crippen molar-refractivity contribution in [1.29, 1.82) is 0 Å². The van der Waals surface area contributed by atoms with Crippen LogP contribution in [-0.4, -0.2) is 38.0 Å². The third-order valence-electron chi connectivity index (χ3n) is 5.21. The Morgan fingerprint density at radius 3 is 2.08 bits per heavy atom. The molecule has 0 spiro atoms. The maximum absolute atomic E-state index is 12.8. The monoisotopic (exact) mass is 525 g/mol. The minimum absolute atomic E-state index is 0.101. The summed E-state index contributed by atoms with van der Waals surface area (Å²) in [6.07, 6.45) is 1.32. The number of benzene rings is 2. The van der Waals surface area contributed by atoms with Crippen LogP contribution < -0.4 is 9.46 Å². The first-order valence-electron chi connectivity index (χ1n) is 10.5. The van der Waals surface area contributed by atoms with Gasteiger partial charge in [0, 0.05) is 29.6 Å². The van der Waals surface area contributed by atoms with Crippen molar-refractivity contribution in [3.8, 4) is 17.4 Å². The summed E-state index contributed by atoms with van der Waals surface area (Å²) in [5.74, 6) is 1.06. The average molecular weight is 526 g/mol. The summed E-state index contributed by atoms with van der Waals surface area (Å²) < 4.78 is 35.3. The molecular formula is C22H19N7O7S. The van der Waals surface area contributed by atoms with Crippen molar-refractivity contribution in [2.24, 2.45) is 0 Å². The smallest absolute Gasteiger partial charge is 0.280 e. The Hall–Kier alpha value is -4.92. The van der Waals surface area contributed by atoms with Crippen LogP contribution in [0.5, 0.6) is 11.6 Å². The molecule has 190 valence electrons. The minimum atomic E-state index is -4.38. The van der Waals surface area contributed by atoms with Gasteiger partial charge in [-0.15, -0.1) is 0 Å². The van der Waals surface area contributed by atoms with Gasteiger partial charge in [-0.25, -0.2) is 23.1 Å². The van der Waals surface area contributed by atoms with E-state index in [-0.39, 0.29) is 17.1 Å². The number of nitro groups is 2. The number of nitrogens with zero attached hydrogens (tertiary/aromatic N) is 6. The predicted octanol–water partition coefficient (Wildman–Crippen LogP) is 4.00. The normalized spacial score (nSPS) is 11.2. The standard InChI is InChI=1S/C22H19N7O7S/c1-13-8-14(2)27(25-13)21-11-22(24-12-23-21)36-17-6-4-16(5-7-17)26-37(34,35)18-9-19(28(30)31)15(3)20(10-18)29(32)33/h4-12,26H,1-3H3. The average Bonchev–Trinajstić information content (AvgIpc) is 3.17. The SMILES string of the molecule is Cc1cc(C)n(-c2cc(Oc3ccc(NS(=O)(=O)c4cc([N+](=O)[O-])c(C)c([N+](=O)[O-])c4)cc3)ncn2)n1. The van der Waals surface area contributed by atoms with Crippen molar-refractivity contribution >= 4 is 27.1 Å². The lowest BCUT2D eigenvalue weighted by atomic mass is 10.1. The van der Waals surface area contributed by atoms with E-state index in [1.54, 1.807) is 10.7 Å². The van der Waals surface area contributed by atoms with E-state index < -0.39 is 36.1 Å². The molecule has 0 saturated heterocycles. The van der Waals surface area contributed by atoms with Gasteiger partial charge in [0.2, 0.25) is 5.88 Å². The number of aryl methyl sites for hydroxylation is 2. The molecule has 0 unspecified atom stereocenters. The molecule has 2 heterocycles. The number of sulfonamides is 1. The van der Waals surface area contributed by atoms with Gasteiger partial charge in [0.1, 0.15) is 22.5 Å². The van der Waals surface area contributed by atoms with Crippen molar-refractivity contribution in [3.05, 3.63) is 92.0 Å². The summed E-state index contributed by atoms with van der Waals surface area (Å²) in [5.41, 5.74) is 0.200. The minimum Gasteiger partial charge on any atom is -0.439 e. The third kappa shape index (κ3) is 5.35. The van der Waals surface area contributed by atoms with E-state index in [0.717, 1.165) is 23.5 Å². The maximum atomic E-state index is 12.8. The molecule has 0 fully saturated rings. The molecule has 0 amide bonds. The highest BCUT2D eigenvalue weighted by molar-refractivity contribution is 7.92. The van der Waals surface area contributed by atoms with E-state index in [1.807, 2.05) is 19.9 Å². The van der Waals surface area contributed by atoms with Crippen LogP contribution in [0.2, 0.25) is 0 Å². The molecule has 4 rings (SSSR count). The van der Waals surface area contributed by atoms with Crippen molar-refractivity contribution in [2.75, 3.05) is 4.72 Å². The van der Waals surface area contributed by atoms with Gasteiger partial charge >= 0.3 is 0 Å². The summed E-state index contributed by atoms with van der Waals surface area (Å²) in [6.45, 7) is 4.92. The molecule has 2 aromatic carbocycles. The van der Waals surface area contributed by atoms with Crippen molar-refractivity contribution < 1.29 is 23.0 Å². The molecular weight excluding hydrogens is 506 g/mol. The fourth-order valence-corrected chi connectivity index (χ4v) is 4.58. The molecule has 0 atom stereocenters. The zero-order valence-corrected chi connectivity index (χ0v) is 20.5. The molecule has 1 N–H and O–H groups in total. The number of ether oxygens (including phenoxy) is 1. The van der Waals surface area contributed by atoms with Crippen molar-refractivity contribution in [2.45, 2.75) is 25.7 Å². The molecule has 0 saturated carbocycles. The quantitative estimate of drug-likeness (QED) is 0.260. The van der Waals surface area contributed by atoms with Crippen LogP contribution in [0.25, 0.3) is 5.82 Å². The third-order valence-corrected chi connectivity index (χ3v) is 6.57. The summed E-state index contributed by atoms with van der Waals surface area (Å²) in [6, 6.07) is 10.8. The van der Waals surface area contributed by atoms with Gasteiger partial charge < -0.3 is 4.74 Å². The number of nitrogens with one attached hydrogen (secondary N) is 1. The zero-order valence-electron chi connectivity index (χ0n) is 19.6. The first-order valence-corrected chi connectivity index (χ1v) is 12.0. The highest BCUT2D eigenvalue weighted by Crippen LogP contribution is 2.32. The Bertz CT molecular complexity index is 1600. The molecule has 15 heteroatoms. The van der Waals surface area contributed by atoms with E-state index in [2.05, 4.69) is 19.8 Å². The molecule has 0 aliphatic rings. The van der Waals surface area contributed by atoms with Crippen LogP contribution in [0.4, 0.5) is 17.1 Å². The number of hydrogen-bond acceptors (Lipinski definition) is 10. The largest absolute Gasteiger partial charge is 0.439 e. The fourth-order valence-electron chi connectivity index (χ4n) is 3.48. The molecule has 37 heavy (non-hydrogen) atoms. The molecule has 0 aliphatic carbocycles. The van der Waals surface area contributed by atoms with E-state index in [4.69, 9.17) is 4.74 Å². The summed E-state index contributed by atoms with van der Waals surface area (Å²) >= 11 is 0. The van der Waals surface area contributed by atoms with Gasteiger partial charge in [-0.1, -0.05) is 0 Å². The Labute approximate surface area is 209 Å². The maximum Gasteiger partial charge on any atom is 0.280 e. The van der Waals surface area contributed by atoms with E-state index in [1.165, 1.54) is 37.5 Å². The zero-order chi connectivity index (χ0) is 26.9. The molecule has 0 radical (unpaired) electrons. The van der Waals surface area contributed by atoms with Crippen LogP contribution in [0.3, 0.4) is 0 Å². The molecule has 4 aromatic rings.